The van der Waals surface area contributed by atoms with Gasteiger partial charge in [-0.15, -0.1) is 0 Å². The third-order valence-corrected chi connectivity index (χ3v) is 3.73. The number of nitrogens with two attached hydrogens (primary N) is 1. The topological polar surface area (TPSA) is 129 Å². The molecule has 5 N–H and O–H groups in total. The van der Waals surface area contributed by atoms with Crippen molar-refractivity contribution < 1.29 is 10.0 Å². The Kier molecular flexibility index (Phi) is 3.68. The lowest BCUT2D eigenvalue weighted by Gasteiger charge is -2.38. The largest absolute Gasteiger partial charge is 0.409 e. The van der Waals surface area contributed by atoms with Crippen LogP contribution in [0.2, 0.25) is 0 Å². The van der Waals surface area contributed by atoms with E-state index in [2.05, 4.69) is 32.8 Å². The average molecular weight is 266 g/mol. The van der Waals surface area contributed by atoms with Gasteiger partial charge in [0, 0.05) is 0 Å². The van der Waals surface area contributed by atoms with Crippen molar-refractivity contribution in [2.24, 2.45) is 16.8 Å². The van der Waals surface area contributed by atoms with Gasteiger partial charge in [-0.25, -0.2) is 0 Å². The molecule has 1 aromatic heterocycles. The van der Waals surface area contributed by atoms with E-state index in [4.69, 9.17) is 10.9 Å². The van der Waals surface area contributed by atoms with Gasteiger partial charge in [-0.05, 0) is 31.6 Å². The van der Waals surface area contributed by atoms with E-state index >= 15 is 0 Å². The fourth-order valence-electron chi connectivity index (χ4n) is 2.39. The number of aromatic nitrogens is 3. The fourth-order valence-corrected chi connectivity index (χ4v) is 2.39. The third-order valence-electron chi connectivity index (χ3n) is 3.73. The molecule has 0 aromatic carbocycles. The van der Waals surface area contributed by atoms with E-state index in [0.29, 0.717) is 18.8 Å². The van der Waals surface area contributed by atoms with Crippen molar-refractivity contribution in [1.29, 1.82) is 0 Å². The second kappa shape index (κ2) is 5.25. The maximum Gasteiger partial charge on any atom is 0.274 e. The normalized spacial score (nSPS) is 28.1. The average Bonchev–Trinajstić information content (AvgIpc) is 2.95. The quantitative estimate of drug-likeness (QED) is 0.269. The summed E-state index contributed by atoms with van der Waals surface area (Å²) >= 11 is 0. The van der Waals surface area contributed by atoms with Crippen LogP contribution in [-0.4, -0.2) is 37.9 Å². The first-order chi connectivity index (χ1) is 9.07. The molecular formula is C11H18N6O2. The second-order valence-corrected chi connectivity index (χ2v) is 5.06. The van der Waals surface area contributed by atoms with Crippen LogP contribution in [0.25, 0.3) is 0 Å². The number of hydrogen-bond donors (Lipinski definition) is 4. The van der Waals surface area contributed by atoms with Crippen molar-refractivity contribution in [3.05, 3.63) is 11.9 Å². The lowest BCUT2D eigenvalue weighted by atomic mass is 9.76. The molecule has 1 saturated carbocycles. The van der Waals surface area contributed by atoms with Crippen molar-refractivity contribution in [3.8, 4) is 0 Å². The van der Waals surface area contributed by atoms with Crippen molar-refractivity contribution in [1.82, 2.24) is 20.7 Å². The minimum atomic E-state index is -0.794. The summed E-state index contributed by atoms with van der Waals surface area (Å²) in [6.07, 6.45) is 4.45. The number of aromatic amines is 1. The molecule has 0 aliphatic heterocycles. The lowest BCUT2D eigenvalue weighted by Crippen LogP contribution is -2.59. The first kappa shape index (κ1) is 13.3. The van der Waals surface area contributed by atoms with Gasteiger partial charge >= 0.3 is 0 Å². The van der Waals surface area contributed by atoms with E-state index in [1.54, 1.807) is 0 Å². The number of hydrogen-bond acceptors (Lipinski definition) is 5. The van der Waals surface area contributed by atoms with Gasteiger partial charge in [0.2, 0.25) is 0 Å². The number of H-pyrrole nitrogens is 1. The highest BCUT2D eigenvalue weighted by Gasteiger charge is 2.40. The second-order valence-electron chi connectivity index (χ2n) is 5.06. The molecular weight excluding hydrogens is 248 g/mol. The van der Waals surface area contributed by atoms with Gasteiger partial charge in [0.25, 0.3) is 5.91 Å². The molecule has 2 rings (SSSR count). The lowest BCUT2D eigenvalue weighted by molar-refractivity contribution is 0.0892. The molecule has 0 atom stereocenters. The van der Waals surface area contributed by atoms with E-state index in [0.717, 1.165) is 12.8 Å². The molecule has 0 unspecified atom stereocenters. The van der Waals surface area contributed by atoms with Crippen LogP contribution in [0, 0.1) is 5.92 Å². The van der Waals surface area contributed by atoms with E-state index in [1.165, 1.54) is 6.20 Å². The predicted octanol–water partition coefficient (Wildman–Crippen LogP) is 0.230. The summed E-state index contributed by atoms with van der Waals surface area (Å²) in [4.78, 5) is 12.1. The molecule has 0 radical (unpaired) electrons. The molecule has 0 spiro atoms. The maximum atomic E-state index is 12.1. The highest BCUT2D eigenvalue weighted by atomic mass is 16.4. The Morgan fingerprint density at radius 1 is 1.63 bits per heavy atom. The zero-order chi connectivity index (χ0) is 13.9. The first-order valence-electron chi connectivity index (χ1n) is 6.24. The number of carbonyl (C=O) groups is 1. The van der Waals surface area contributed by atoms with E-state index < -0.39 is 5.54 Å². The van der Waals surface area contributed by atoms with Gasteiger partial charge in [-0.3, -0.25) is 4.79 Å². The summed E-state index contributed by atoms with van der Waals surface area (Å²) in [6, 6.07) is 0. The number of carbonyl (C=O) groups excluding carboxylic acids is 1. The highest BCUT2D eigenvalue weighted by molar-refractivity contribution is 5.99. The van der Waals surface area contributed by atoms with Crippen molar-refractivity contribution in [3.63, 3.8) is 0 Å². The number of oxime groups is 1. The highest BCUT2D eigenvalue weighted by Crippen LogP contribution is 2.32. The van der Waals surface area contributed by atoms with E-state index in [-0.39, 0.29) is 17.4 Å². The SMILES string of the molecule is CC1CCC(NC(=O)c2cn[nH]n2)(C(N)=NO)CC1. The number of nitrogens with one attached hydrogen (secondary N) is 2. The molecule has 1 fully saturated rings. The molecule has 1 amide bonds. The van der Waals surface area contributed by atoms with Crippen LogP contribution in [0.1, 0.15) is 43.1 Å². The van der Waals surface area contributed by atoms with Gasteiger partial charge in [-0.2, -0.15) is 15.4 Å². The molecule has 0 saturated heterocycles. The Hall–Kier alpha value is -2.12. The summed E-state index contributed by atoms with van der Waals surface area (Å²) in [6.45, 7) is 2.15. The molecule has 19 heavy (non-hydrogen) atoms. The van der Waals surface area contributed by atoms with Crippen LogP contribution in [0.5, 0.6) is 0 Å². The van der Waals surface area contributed by atoms with Crippen molar-refractivity contribution >= 4 is 11.7 Å². The molecule has 8 nitrogen and oxygen atoms in total. The molecule has 1 aliphatic rings. The van der Waals surface area contributed by atoms with Crippen LogP contribution >= 0.6 is 0 Å². The summed E-state index contributed by atoms with van der Waals surface area (Å²) in [7, 11) is 0. The van der Waals surface area contributed by atoms with Crippen LogP contribution in [-0.2, 0) is 0 Å². The Balaban J connectivity index is 2.17. The first-order valence-corrected chi connectivity index (χ1v) is 6.24. The zero-order valence-electron chi connectivity index (χ0n) is 10.8. The maximum absolute atomic E-state index is 12.1. The molecule has 8 heteroatoms. The van der Waals surface area contributed by atoms with Crippen LogP contribution in [0.15, 0.2) is 11.4 Å². The van der Waals surface area contributed by atoms with Gasteiger partial charge in [0.15, 0.2) is 11.5 Å². The Morgan fingerprint density at radius 2 is 2.32 bits per heavy atom. The molecule has 104 valence electrons. The standard InChI is InChI=1S/C11H18N6O2/c1-7-2-4-11(5-3-7,10(12)16-19)14-9(18)8-6-13-17-15-8/h6-7,19H,2-5H2,1H3,(H2,12,16)(H,14,18)(H,13,15,17). The van der Waals surface area contributed by atoms with Crippen LogP contribution in [0.4, 0.5) is 0 Å². The molecule has 1 aliphatic carbocycles. The fraction of sp³-hybridized carbons (Fsp3) is 0.636. The minimum Gasteiger partial charge on any atom is -0.409 e. The van der Waals surface area contributed by atoms with Gasteiger partial charge in [0.05, 0.1) is 6.20 Å². The number of nitrogens with zero attached hydrogens (tertiary/aromatic N) is 3. The van der Waals surface area contributed by atoms with Crippen molar-refractivity contribution in [2.45, 2.75) is 38.1 Å². The van der Waals surface area contributed by atoms with Crippen LogP contribution in [0.3, 0.4) is 0 Å². The Bertz CT molecular complexity index is 462. The van der Waals surface area contributed by atoms with Crippen molar-refractivity contribution in [2.75, 3.05) is 0 Å². The number of rotatable bonds is 3. The molecule has 1 heterocycles. The summed E-state index contributed by atoms with van der Waals surface area (Å²) in [5, 5.41) is 24.5. The Labute approximate surface area is 110 Å². The molecule has 0 bridgehead atoms. The summed E-state index contributed by atoms with van der Waals surface area (Å²) in [5.41, 5.74) is 5.16. The van der Waals surface area contributed by atoms with Gasteiger partial charge < -0.3 is 16.3 Å². The summed E-state index contributed by atoms with van der Waals surface area (Å²) < 4.78 is 0. The van der Waals surface area contributed by atoms with Gasteiger partial charge in [-0.1, -0.05) is 12.1 Å². The van der Waals surface area contributed by atoms with Gasteiger partial charge in [0.1, 0.15) is 5.54 Å². The summed E-state index contributed by atoms with van der Waals surface area (Å²) in [5.74, 6) is 0.231. The monoisotopic (exact) mass is 266 g/mol. The number of amides is 1. The van der Waals surface area contributed by atoms with Crippen LogP contribution < -0.4 is 11.1 Å². The third kappa shape index (κ3) is 2.67. The minimum absolute atomic E-state index is 0.0382. The van der Waals surface area contributed by atoms with E-state index in [1.807, 2.05) is 0 Å². The predicted molar refractivity (Wildman–Crippen MR) is 67.6 cm³/mol. The Morgan fingerprint density at radius 3 is 2.84 bits per heavy atom. The van der Waals surface area contributed by atoms with E-state index in [9.17, 15) is 4.79 Å². The molecule has 1 aromatic rings. The number of amidine groups is 1. The smallest absolute Gasteiger partial charge is 0.274 e. The zero-order valence-corrected chi connectivity index (χ0v) is 10.8.